The van der Waals surface area contributed by atoms with Gasteiger partial charge >= 0.3 is 0 Å². The number of phenolic OH excluding ortho intramolecular Hbond substituents is 2. The minimum absolute atomic E-state index is 0.158. The van der Waals surface area contributed by atoms with Gasteiger partial charge in [0.2, 0.25) is 0 Å². The van der Waals surface area contributed by atoms with Crippen molar-refractivity contribution in [3.05, 3.63) is 47.1 Å². The maximum Gasteiger partial charge on any atom is 0.133 e. The number of hydrogen-bond acceptors (Lipinski definition) is 4. The third-order valence-electron chi connectivity index (χ3n) is 3.74. The first-order valence-corrected chi connectivity index (χ1v) is 6.51. The summed E-state index contributed by atoms with van der Waals surface area (Å²) in [5.74, 6) is 0.336. The van der Waals surface area contributed by atoms with Gasteiger partial charge in [-0.3, -0.25) is 9.98 Å². The summed E-state index contributed by atoms with van der Waals surface area (Å²) >= 11 is 0. The summed E-state index contributed by atoms with van der Waals surface area (Å²) in [7, 11) is 0. The summed E-state index contributed by atoms with van der Waals surface area (Å²) in [6, 6.07) is 10.9. The molecular formula is C16H12N2O2. The van der Waals surface area contributed by atoms with E-state index in [2.05, 4.69) is 9.98 Å². The van der Waals surface area contributed by atoms with E-state index in [1.807, 2.05) is 18.2 Å². The maximum atomic E-state index is 10.6. The summed E-state index contributed by atoms with van der Waals surface area (Å²) in [5.41, 5.74) is 0. The Morgan fingerprint density at radius 2 is 1.45 bits per heavy atom. The Labute approximate surface area is 114 Å². The molecule has 1 aliphatic rings. The summed E-state index contributed by atoms with van der Waals surface area (Å²) in [6.07, 6.45) is 0. The largest absolute Gasteiger partial charge is 0.507 e. The standard InChI is InChI=1S/C16H12N2O2/c19-15-9-3-1-2-4-10(9)16(20)13-11(15)5-6-12-14(13)18-8-7-17-12/h1-6,19-20H,7-8H2. The highest BCUT2D eigenvalue weighted by Crippen LogP contribution is 2.39. The lowest BCUT2D eigenvalue weighted by Crippen LogP contribution is -2.30. The molecule has 0 fully saturated rings. The summed E-state index contributed by atoms with van der Waals surface area (Å²) in [4.78, 5) is 8.87. The predicted octanol–water partition coefficient (Wildman–Crippen LogP) is 1.66. The minimum atomic E-state index is 0.158. The molecule has 98 valence electrons. The van der Waals surface area contributed by atoms with Gasteiger partial charge in [-0.2, -0.15) is 0 Å². The van der Waals surface area contributed by atoms with Gasteiger partial charge in [-0.05, 0) is 12.1 Å². The molecule has 0 bridgehead atoms. The van der Waals surface area contributed by atoms with Gasteiger partial charge in [0.15, 0.2) is 0 Å². The molecule has 0 spiro atoms. The van der Waals surface area contributed by atoms with Gasteiger partial charge in [0.05, 0.1) is 29.2 Å². The molecule has 0 aliphatic carbocycles. The second kappa shape index (κ2) is 3.93. The van der Waals surface area contributed by atoms with E-state index in [9.17, 15) is 10.2 Å². The van der Waals surface area contributed by atoms with E-state index in [0.717, 1.165) is 5.36 Å². The van der Waals surface area contributed by atoms with Gasteiger partial charge in [0.1, 0.15) is 11.5 Å². The molecule has 20 heavy (non-hydrogen) atoms. The molecule has 4 nitrogen and oxygen atoms in total. The van der Waals surface area contributed by atoms with Crippen LogP contribution in [0, 0.1) is 0 Å². The zero-order valence-corrected chi connectivity index (χ0v) is 10.7. The molecule has 0 unspecified atom stereocenters. The Balaban J connectivity index is 2.38. The maximum absolute atomic E-state index is 10.6. The van der Waals surface area contributed by atoms with Crippen LogP contribution in [0.3, 0.4) is 0 Å². The minimum Gasteiger partial charge on any atom is -0.507 e. The van der Waals surface area contributed by atoms with Gasteiger partial charge in [-0.25, -0.2) is 0 Å². The fourth-order valence-electron chi connectivity index (χ4n) is 2.81. The fraction of sp³-hybridized carbons (Fsp3) is 0.125. The Morgan fingerprint density at radius 3 is 2.25 bits per heavy atom. The normalized spacial score (nSPS) is 13.8. The summed E-state index contributed by atoms with van der Waals surface area (Å²) in [5, 5.41) is 24.9. The van der Waals surface area contributed by atoms with E-state index in [0.29, 0.717) is 40.0 Å². The van der Waals surface area contributed by atoms with Crippen molar-refractivity contribution in [2.45, 2.75) is 0 Å². The lowest BCUT2D eigenvalue weighted by Gasteiger charge is -2.11. The number of hydrogen-bond donors (Lipinski definition) is 2. The quantitative estimate of drug-likeness (QED) is 0.479. The van der Waals surface area contributed by atoms with Crippen LogP contribution in [-0.4, -0.2) is 23.3 Å². The van der Waals surface area contributed by atoms with Crippen LogP contribution >= 0.6 is 0 Å². The van der Waals surface area contributed by atoms with E-state index < -0.39 is 0 Å². The van der Waals surface area contributed by atoms with Crippen LogP contribution in [0.1, 0.15) is 0 Å². The van der Waals surface area contributed by atoms with Gasteiger partial charge in [0, 0.05) is 16.2 Å². The highest BCUT2D eigenvalue weighted by molar-refractivity contribution is 6.10. The Hall–Kier alpha value is -2.62. The second-order valence-electron chi connectivity index (χ2n) is 4.86. The molecule has 3 aromatic carbocycles. The molecule has 0 radical (unpaired) electrons. The van der Waals surface area contributed by atoms with E-state index in [1.165, 1.54) is 0 Å². The Morgan fingerprint density at radius 1 is 0.750 bits per heavy atom. The summed E-state index contributed by atoms with van der Waals surface area (Å²) < 4.78 is 0. The number of nitrogens with zero attached hydrogens (tertiary/aromatic N) is 2. The Kier molecular flexibility index (Phi) is 2.21. The molecule has 2 N–H and O–H groups in total. The zero-order chi connectivity index (χ0) is 13.7. The van der Waals surface area contributed by atoms with Crippen LogP contribution in [0.15, 0.2) is 46.4 Å². The van der Waals surface area contributed by atoms with E-state index >= 15 is 0 Å². The number of fused-ring (bicyclic) bond motifs is 4. The molecular weight excluding hydrogens is 252 g/mol. The Bertz CT molecular complexity index is 977. The molecule has 0 saturated carbocycles. The van der Waals surface area contributed by atoms with Crippen molar-refractivity contribution in [1.82, 2.24) is 0 Å². The van der Waals surface area contributed by atoms with Crippen LogP contribution in [0.25, 0.3) is 21.5 Å². The van der Waals surface area contributed by atoms with Crippen LogP contribution in [0.4, 0.5) is 0 Å². The molecule has 0 aromatic heterocycles. The fourth-order valence-corrected chi connectivity index (χ4v) is 2.81. The molecule has 1 aliphatic heterocycles. The molecule has 0 atom stereocenters. The van der Waals surface area contributed by atoms with Crippen LogP contribution in [0.5, 0.6) is 11.5 Å². The third kappa shape index (κ3) is 1.36. The molecule has 4 heteroatoms. The first kappa shape index (κ1) is 11.2. The van der Waals surface area contributed by atoms with E-state index in [1.54, 1.807) is 18.2 Å². The molecule has 0 amide bonds. The number of benzene rings is 3. The van der Waals surface area contributed by atoms with Crippen molar-refractivity contribution < 1.29 is 10.2 Å². The van der Waals surface area contributed by atoms with Crippen LogP contribution < -0.4 is 10.7 Å². The number of rotatable bonds is 0. The molecule has 1 heterocycles. The van der Waals surface area contributed by atoms with Gasteiger partial charge in [0.25, 0.3) is 0 Å². The van der Waals surface area contributed by atoms with Crippen molar-refractivity contribution >= 4 is 21.5 Å². The second-order valence-corrected chi connectivity index (χ2v) is 4.86. The van der Waals surface area contributed by atoms with Crippen molar-refractivity contribution in [3.63, 3.8) is 0 Å². The van der Waals surface area contributed by atoms with Gasteiger partial charge in [-0.15, -0.1) is 0 Å². The molecule has 0 saturated heterocycles. The van der Waals surface area contributed by atoms with Crippen molar-refractivity contribution in [3.8, 4) is 11.5 Å². The number of aromatic hydroxyl groups is 2. The molecule has 3 aromatic rings. The lowest BCUT2D eigenvalue weighted by atomic mass is 10.00. The highest BCUT2D eigenvalue weighted by atomic mass is 16.3. The summed E-state index contributed by atoms with van der Waals surface area (Å²) in [6.45, 7) is 1.28. The zero-order valence-electron chi connectivity index (χ0n) is 10.7. The van der Waals surface area contributed by atoms with Gasteiger partial charge in [-0.1, -0.05) is 24.3 Å². The van der Waals surface area contributed by atoms with Crippen molar-refractivity contribution in [2.24, 2.45) is 9.98 Å². The SMILES string of the molecule is Oc1c2ccccc2c(O)c2c3c(ccc12)=NCCN=3. The first-order valence-electron chi connectivity index (χ1n) is 6.51. The number of phenols is 2. The van der Waals surface area contributed by atoms with E-state index in [4.69, 9.17) is 0 Å². The topological polar surface area (TPSA) is 65.2 Å². The van der Waals surface area contributed by atoms with Crippen LogP contribution in [0.2, 0.25) is 0 Å². The van der Waals surface area contributed by atoms with Crippen molar-refractivity contribution in [2.75, 3.05) is 13.1 Å². The van der Waals surface area contributed by atoms with Gasteiger partial charge < -0.3 is 10.2 Å². The van der Waals surface area contributed by atoms with Crippen molar-refractivity contribution in [1.29, 1.82) is 0 Å². The predicted molar refractivity (Wildman–Crippen MR) is 76.8 cm³/mol. The lowest BCUT2D eigenvalue weighted by molar-refractivity contribution is 0.478. The van der Waals surface area contributed by atoms with Crippen LogP contribution in [-0.2, 0) is 0 Å². The highest BCUT2D eigenvalue weighted by Gasteiger charge is 2.15. The average Bonchev–Trinajstić information content (AvgIpc) is 2.51. The first-order chi connectivity index (χ1) is 9.77. The average molecular weight is 264 g/mol. The third-order valence-corrected chi connectivity index (χ3v) is 3.74. The molecule has 4 rings (SSSR count). The smallest absolute Gasteiger partial charge is 0.133 e. The monoisotopic (exact) mass is 264 g/mol. The van der Waals surface area contributed by atoms with E-state index in [-0.39, 0.29) is 11.5 Å².